The number of hydrogen-bond donors (Lipinski definition) is 2. The Morgan fingerprint density at radius 2 is 1.81 bits per heavy atom. The van der Waals surface area contributed by atoms with Gasteiger partial charge in [-0.25, -0.2) is 0 Å². The molecule has 1 aromatic carbocycles. The van der Waals surface area contributed by atoms with Crippen LogP contribution < -0.4 is 5.32 Å². The smallest absolute Gasteiger partial charge is 0.111 e. The number of benzene rings is 1. The SMILES string of the molecule is CCc1ccc(C2CNCC(c3cc(-c4cc(C)ccn4)n[nH]3)C2)cc1. The molecule has 1 aliphatic heterocycles. The number of nitrogens with zero attached hydrogens (tertiary/aromatic N) is 2. The van der Waals surface area contributed by atoms with Crippen LogP contribution in [0.2, 0.25) is 0 Å². The molecular weight excluding hydrogens is 320 g/mol. The fraction of sp³-hybridized carbons (Fsp3) is 0.364. The summed E-state index contributed by atoms with van der Waals surface area (Å²) in [4.78, 5) is 4.45. The number of hydrogen-bond acceptors (Lipinski definition) is 3. The second kappa shape index (κ2) is 7.42. The zero-order valence-electron chi connectivity index (χ0n) is 15.5. The van der Waals surface area contributed by atoms with Gasteiger partial charge >= 0.3 is 0 Å². The molecule has 0 radical (unpaired) electrons. The highest BCUT2D eigenvalue weighted by Gasteiger charge is 2.25. The summed E-state index contributed by atoms with van der Waals surface area (Å²) in [7, 11) is 0. The van der Waals surface area contributed by atoms with E-state index in [4.69, 9.17) is 0 Å². The molecule has 0 amide bonds. The number of rotatable bonds is 4. The van der Waals surface area contributed by atoms with E-state index in [9.17, 15) is 0 Å². The third-order valence-corrected chi connectivity index (χ3v) is 5.43. The summed E-state index contributed by atoms with van der Waals surface area (Å²) in [5.41, 5.74) is 7.10. The minimum Gasteiger partial charge on any atom is -0.315 e. The van der Waals surface area contributed by atoms with Gasteiger partial charge < -0.3 is 5.32 Å². The van der Waals surface area contributed by atoms with Crippen molar-refractivity contribution >= 4 is 0 Å². The van der Waals surface area contributed by atoms with Crippen molar-refractivity contribution in [3.8, 4) is 11.4 Å². The van der Waals surface area contributed by atoms with E-state index in [1.807, 2.05) is 12.3 Å². The van der Waals surface area contributed by atoms with Crippen LogP contribution in [0.25, 0.3) is 11.4 Å². The van der Waals surface area contributed by atoms with Crippen LogP contribution in [0, 0.1) is 6.92 Å². The van der Waals surface area contributed by atoms with Crippen LogP contribution in [-0.2, 0) is 6.42 Å². The van der Waals surface area contributed by atoms with Gasteiger partial charge in [-0.15, -0.1) is 0 Å². The van der Waals surface area contributed by atoms with Gasteiger partial charge in [-0.2, -0.15) is 5.10 Å². The highest BCUT2D eigenvalue weighted by atomic mass is 15.1. The number of aryl methyl sites for hydroxylation is 2. The quantitative estimate of drug-likeness (QED) is 0.744. The molecule has 2 atom stereocenters. The molecule has 2 N–H and O–H groups in total. The van der Waals surface area contributed by atoms with Gasteiger partial charge in [-0.1, -0.05) is 31.2 Å². The summed E-state index contributed by atoms with van der Waals surface area (Å²) >= 11 is 0. The zero-order chi connectivity index (χ0) is 17.9. The van der Waals surface area contributed by atoms with E-state index in [0.717, 1.165) is 37.3 Å². The zero-order valence-corrected chi connectivity index (χ0v) is 15.5. The van der Waals surface area contributed by atoms with Crippen LogP contribution in [0.5, 0.6) is 0 Å². The Hall–Kier alpha value is -2.46. The van der Waals surface area contributed by atoms with Gasteiger partial charge in [-0.05, 0) is 60.6 Å². The number of H-pyrrole nitrogens is 1. The Labute approximate surface area is 155 Å². The van der Waals surface area contributed by atoms with E-state index in [1.54, 1.807) is 0 Å². The summed E-state index contributed by atoms with van der Waals surface area (Å²) in [5, 5.41) is 11.4. The predicted molar refractivity (Wildman–Crippen MR) is 105 cm³/mol. The number of pyridine rings is 1. The van der Waals surface area contributed by atoms with Gasteiger partial charge in [0.2, 0.25) is 0 Å². The van der Waals surface area contributed by atoms with Crippen molar-refractivity contribution in [2.75, 3.05) is 13.1 Å². The van der Waals surface area contributed by atoms with Crippen LogP contribution in [-0.4, -0.2) is 28.3 Å². The van der Waals surface area contributed by atoms with E-state index >= 15 is 0 Å². The molecule has 2 aromatic heterocycles. The van der Waals surface area contributed by atoms with Crippen LogP contribution in [0.1, 0.15) is 47.6 Å². The number of piperidine rings is 1. The minimum absolute atomic E-state index is 0.450. The minimum atomic E-state index is 0.450. The molecule has 3 heterocycles. The normalized spacial score (nSPS) is 20.2. The van der Waals surface area contributed by atoms with Gasteiger partial charge in [-0.3, -0.25) is 10.1 Å². The molecule has 4 rings (SSSR count). The van der Waals surface area contributed by atoms with E-state index in [1.165, 1.54) is 22.4 Å². The fourth-order valence-corrected chi connectivity index (χ4v) is 3.81. The Kier molecular flexibility index (Phi) is 4.85. The first kappa shape index (κ1) is 17.0. The molecule has 1 aliphatic rings. The predicted octanol–water partition coefficient (Wildman–Crippen LogP) is 4.20. The molecule has 0 bridgehead atoms. The summed E-state index contributed by atoms with van der Waals surface area (Å²) in [5.74, 6) is 0.995. The Balaban J connectivity index is 1.51. The Morgan fingerprint density at radius 1 is 1.00 bits per heavy atom. The lowest BCUT2D eigenvalue weighted by atomic mass is 9.83. The summed E-state index contributed by atoms with van der Waals surface area (Å²) in [6.07, 6.45) is 4.08. The molecule has 0 spiro atoms. The lowest BCUT2D eigenvalue weighted by molar-refractivity contribution is 0.407. The van der Waals surface area contributed by atoms with Crippen molar-refractivity contribution in [1.29, 1.82) is 0 Å². The first-order chi connectivity index (χ1) is 12.7. The lowest BCUT2D eigenvalue weighted by Crippen LogP contribution is -2.34. The second-order valence-electron chi connectivity index (χ2n) is 7.31. The molecule has 1 fully saturated rings. The summed E-state index contributed by atoms with van der Waals surface area (Å²) < 4.78 is 0. The van der Waals surface area contributed by atoms with Crippen molar-refractivity contribution < 1.29 is 0 Å². The van der Waals surface area contributed by atoms with Gasteiger partial charge in [0.15, 0.2) is 0 Å². The fourth-order valence-electron chi connectivity index (χ4n) is 3.81. The van der Waals surface area contributed by atoms with Crippen LogP contribution in [0.4, 0.5) is 0 Å². The van der Waals surface area contributed by atoms with Crippen molar-refractivity contribution in [2.24, 2.45) is 0 Å². The average Bonchev–Trinajstić information content (AvgIpc) is 3.19. The van der Waals surface area contributed by atoms with E-state index in [2.05, 4.69) is 70.7 Å². The van der Waals surface area contributed by atoms with Crippen LogP contribution >= 0.6 is 0 Å². The summed E-state index contributed by atoms with van der Waals surface area (Å²) in [6, 6.07) is 15.4. The number of nitrogens with one attached hydrogen (secondary N) is 2. The maximum absolute atomic E-state index is 4.51. The van der Waals surface area contributed by atoms with E-state index in [-0.39, 0.29) is 0 Å². The van der Waals surface area contributed by atoms with Crippen LogP contribution in [0.3, 0.4) is 0 Å². The van der Waals surface area contributed by atoms with Crippen molar-refractivity contribution in [1.82, 2.24) is 20.5 Å². The number of aromatic amines is 1. The average molecular weight is 346 g/mol. The van der Waals surface area contributed by atoms with E-state index < -0.39 is 0 Å². The summed E-state index contributed by atoms with van der Waals surface area (Å²) in [6.45, 7) is 6.32. The largest absolute Gasteiger partial charge is 0.315 e. The third-order valence-electron chi connectivity index (χ3n) is 5.43. The standard InChI is InChI=1S/C22H26N4/c1-3-16-4-6-17(7-5-16)18-11-19(14-23-13-18)20-12-22(26-25-20)21-10-15(2)8-9-24-21/h4-10,12,18-19,23H,3,11,13-14H2,1-2H3,(H,25,26). The molecule has 4 heteroatoms. The lowest BCUT2D eigenvalue weighted by Gasteiger charge is -2.29. The molecular formula is C22H26N4. The van der Waals surface area contributed by atoms with Crippen LogP contribution in [0.15, 0.2) is 48.7 Å². The molecule has 0 saturated carbocycles. The maximum atomic E-state index is 4.51. The van der Waals surface area contributed by atoms with Crippen molar-refractivity contribution in [3.63, 3.8) is 0 Å². The van der Waals surface area contributed by atoms with Gasteiger partial charge in [0.1, 0.15) is 5.69 Å². The Bertz CT molecular complexity index is 866. The second-order valence-corrected chi connectivity index (χ2v) is 7.31. The monoisotopic (exact) mass is 346 g/mol. The maximum Gasteiger partial charge on any atom is 0.111 e. The van der Waals surface area contributed by atoms with Gasteiger partial charge in [0.25, 0.3) is 0 Å². The molecule has 0 aliphatic carbocycles. The van der Waals surface area contributed by atoms with E-state index in [0.29, 0.717) is 11.8 Å². The van der Waals surface area contributed by atoms with Crippen molar-refractivity contribution in [2.45, 2.75) is 38.5 Å². The number of aromatic nitrogens is 3. The molecule has 3 aromatic rings. The molecule has 26 heavy (non-hydrogen) atoms. The highest BCUT2D eigenvalue weighted by molar-refractivity contribution is 5.55. The van der Waals surface area contributed by atoms with Gasteiger partial charge in [0, 0.05) is 30.9 Å². The topological polar surface area (TPSA) is 53.6 Å². The van der Waals surface area contributed by atoms with Crippen molar-refractivity contribution in [3.05, 3.63) is 71.0 Å². The molecule has 134 valence electrons. The first-order valence-corrected chi connectivity index (χ1v) is 9.51. The third kappa shape index (κ3) is 3.56. The molecule has 4 nitrogen and oxygen atoms in total. The first-order valence-electron chi connectivity index (χ1n) is 9.51. The Morgan fingerprint density at radius 3 is 2.58 bits per heavy atom. The highest BCUT2D eigenvalue weighted by Crippen LogP contribution is 2.33. The van der Waals surface area contributed by atoms with Gasteiger partial charge in [0.05, 0.1) is 5.69 Å². The molecule has 1 saturated heterocycles. The molecule has 2 unspecified atom stereocenters.